The highest BCUT2D eigenvalue weighted by atomic mass is 35.5. The van der Waals surface area contributed by atoms with Gasteiger partial charge in [-0.05, 0) is 30.7 Å². The fourth-order valence-electron chi connectivity index (χ4n) is 3.35. The van der Waals surface area contributed by atoms with Crippen LogP contribution in [0.25, 0.3) is 5.65 Å². The molecular weight excluding hydrogens is 415 g/mol. The van der Waals surface area contributed by atoms with Gasteiger partial charge in [-0.1, -0.05) is 17.7 Å². The minimum atomic E-state index is -0.562. The van der Waals surface area contributed by atoms with Gasteiger partial charge in [-0.25, -0.2) is 13.9 Å². The van der Waals surface area contributed by atoms with Crippen LogP contribution in [0.1, 0.15) is 18.5 Å². The second kappa shape index (κ2) is 8.41. The number of fused-ring (bicyclic) bond motifs is 1. The largest absolute Gasteiger partial charge is 0.378 e. The minimum absolute atomic E-state index is 0.0112. The standard InChI is InChI=1S/C19H20ClFN6O3/c1-12(13-2-3-14(20)15(21)10-13)23-17(28)11-26-19(29)27-18(24-26)16(4-5-22-27)25-6-8-30-9-7-25/h2-5,10,12H,6-9,11H2,1H3,(H,23,28)/t12-/m0/s1. The number of carbonyl (C=O) groups excluding carboxylic acids is 1. The number of nitrogens with zero attached hydrogens (tertiary/aromatic N) is 5. The van der Waals surface area contributed by atoms with E-state index in [1.54, 1.807) is 19.1 Å². The van der Waals surface area contributed by atoms with Gasteiger partial charge in [-0.3, -0.25) is 4.79 Å². The van der Waals surface area contributed by atoms with Crippen LogP contribution in [-0.2, 0) is 16.1 Å². The Morgan fingerprint density at radius 1 is 1.33 bits per heavy atom. The summed E-state index contributed by atoms with van der Waals surface area (Å²) < 4.78 is 21.3. The van der Waals surface area contributed by atoms with Gasteiger partial charge in [-0.15, -0.1) is 5.10 Å². The van der Waals surface area contributed by atoms with E-state index < -0.39 is 23.5 Å². The minimum Gasteiger partial charge on any atom is -0.378 e. The molecule has 0 bridgehead atoms. The van der Waals surface area contributed by atoms with Gasteiger partial charge in [-0.2, -0.15) is 9.61 Å². The molecule has 3 aromatic rings. The molecule has 1 aliphatic heterocycles. The summed E-state index contributed by atoms with van der Waals surface area (Å²) in [6.45, 7) is 3.96. The normalized spacial score (nSPS) is 15.4. The lowest BCUT2D eigenvalue weighted by atomic mass is 10.1. The number of morpholine rings is 1. The average molecular weight is 435 g/mol. The highest BCUT2D eigenvalue weighted by Crippen LogP contribution is 2.21. The molecule has 0 aliphatic carbocycles. The molecule has 1 fully saturated rings. The second-order valence-electron chi connectivity index (χ2n) is 6.95. The zero-order valence-electron chi connectivity index (χ0n) is 16.2. The van der Waals surface area contributed by atoms with Gasteiger partial charge in [0.2, 0.25) is 11.6 Å². The SMILES string of the molecule is C[C@H](NC(=O)Cn1nc2c(N3CCOCC3)ccnn2c1=O)c1ccc(Cl)c(F)c1. The molecule has 0 radical (unpaired) electrons. The highest BCUT2D eigenvalue weighted by Gasteiger charge is 2.20. The van der Waals surface area contributed by atoms with Crippen molar-refractivity contribution in [2.45, 2.75) is 19.5 Å². The number of hydrogen-bond donors (Lipinski definition) is 1. The Kier molecular flexibility index (Phi) is 5.69. The number of anilines is 1. The van der Waals surface area contributed by atoms with Gasteiger partial charge in [0.15, 0.2) is 0 Å². The zero-order chi connectivity index (χ0) is 21.3. The first-order chi connectivity index (χ1) is 14.4. The van der Waals surface area contributed by atoms with Crippen molar-refractivity contribution >= 4 is 28.8 Å². The van der Waals surface area contributed by atoms with Gasteiger partial charge >= 0.3 is 5.69 Å². The number of ether oxygens (including phenoxy) is 1. The van der Waals surface area contributed by atoms with Crippen LogP contribution in [0.2, 0.25) is 5.02 Å². The summed E-state index contributed by atoms with van der Waals surface area (Å²) in [5.74, 6) is -0.996. The number of halogens is 2. The summed E-state index contributed by atoms with van der Waals surface area (Å²) in [5, 5.41) is 11.1. The molecule has 11 heteroatoms. The van der Waals surface area contributed by atoms with Crippen LogP contribution in [0.3, 0.4) is 0 Å². The first-order valence-electron chi connectivity index (χ1n) is 9.46. The molecule has 158 valence electrons. The molecule has 1 atom stereocenters. The second-order valence-corrected chi connectivity index (χ2v) is 7.36. The molecule has 0 spiro atoms. The fourth-order valence-corrected chi connectivity index (χ4v) is 3.47. The van der Waals surface area contributed by atoms with E-state index in [4.69, 9.17) is 16.3 Å². The number of benzene rings is 1. The van der Waals surface area contributed by atoms with Crippen LogP contribution in [0, 0.1) is 5.82 Å². The Morgan fingerprint density at radius 3 is 2.83 bits per heavy atom. The average Bonchev–Trinajstić information content (AvgIpc) is 3.06. The molecule has 9 nitrogen and oxygen atoms in total. The van der Waals surface area contributed by atoms with Crippen molar-refractivity contribution < 1.29 is 13.9 Å². The fraction of sp³-hybridized carbons (Fsp3) is 0.368. The third-order valence-electron chi connectivity index (χ3n) is 4.93. The van der Waals surface area contributed by atoms with Crippen molar-refractivity contribution in [3.8, 4) is 0 Å². The molecule has 4 rings (SSSR count). The van der Waals surface area contributed by atoms with Gasteiger partial charge in [0.1, 0.15) is 12.4 Å². The summed E-state index contributed by atoms with van der Waals surface area (Å²) in [4.78, 5) is 27.2. The number of amides is 1. The van der Waals surface area contributed by atoms with Crippen molar-refractivity contribution in [2.24, 2.45) is 0 Å². The van der Waals surface area contributed by atoms with Gasteiger partial charge in [0.25, 0.3) is 0 Å². The Labute approximate surface area is 176 Å². The maximum Gasteiger partial charge on any atom is 0.367 e. The van der Waals surface area contributed by atoms with Crippen LogP contribution < -0.4 is 15.9 Å². The first kappa shape index (κ1) is 20.3. The smallest absolute Gasteiger partial charge is 0.367 e. The topological polar surface area (TPSA) is 93.8 Å². The maximum absolute atomic E-state index is 13.7. The van der Waals surface area contributed by atoms with E-state index in [0.29, 0.717) is 37.5 Å². The number of hydrogen-bond acceptors (Lipinski definition) is 6. The number of aromatic nitrogens is 4. The van der Waals surface area contributed by atoms with Crippen molar-refractivity contribution in [1.82, 2.24) is 24.7 Å². The first-order valence-corrected chi connectivity index (χ1v) is 9.83. The van der Waals surface area contributed by atoms with Crippen LogP contribution in [0.15, 0.2) is 35.3 Å². The third kappa shape index (κ3) is 4.01. The van der Waals surface area contributed by atoms with Crippen molar-refractivity contribution in [3.63, 3.8) is 0 Å². The summed E-state index contributed by atoms with van der Waals surface area (Å²) in [6, 6.07) is 5.64. The molecule has 3 heterocycles. The van der Waals surface area contributed by atoms with Gasteiger partial charge in [0, 0.05) is 13.1 Å². The van der Waals surface area contributed by atoms with E-state index in [1.807, 2.05) is 0 Å². The summed E-state index contributed by atoms with van der Waals surface area (Å²) >= 11 is 5.70. The molecule has 1 saturated heterocycles. The van der Waals surface area contributed by atoms with Crippen LogP contribution >= 0.6 is 11.6 Å². The Hall–Kier alpha value is -2.98. The molecule has 1 amide bonds. The molecule has 1 aliphatic rings. The molecule has 2 aromatic heterocycles. The summed E-state index contributed by atoms with van der Waals surface area (Å²) in [6.07, 6.45) is 1.53. The van der Waals surface area contributed by atoms with E-state index in [1.165, 1.54) is 22.8 Å². The lowest BCUT2D eigenvalue weighted by Crippen LogP contribution is -2.36. The number of nitrogens with one attached hydrogen (secondary N) is 1. The Morgan fingerprint density at radius 2 is 2.10 bits per heavy atom. The van der Waals surface area contributed by atoms with E-state index >= 15 is 0 Å². The lowest BCUT2D eigenvalue weighted by molar-refractivity contribution is -0.122. The molecule has 30 heavy (non-hydrogen) atoms. The molecular formula is C19H20ClFN6O3. The van der Waals surface area contributed by atoms with E-state index in [0.717, 1.165) is 10.4 Å². The van der Waals surface area contributed by atoms with Crippen LogP contribution in [-0.4, -0.2) is 51.6 Å². The number of carbonyl (C=O) groups is 1. The monoisotopic (exact) mass is 434 g/mol. The Bertz CT molecular complexity index is 1140. The van der Waals surface area contributed by atoms with Crippen molar-refractivity contribution in [2.75, 3.05) is 31.2 Å². The predicted octanol–water partition coefficient (Wildman–Crippen LogP) is 1.40. The van der Waals surface area contributed by atoms with E-state index in [2.05, 4.69) is 20.4 Å². The highest BCUT2D eigenvalue weighted by molar-refractivity contribution is 6.30. The number of rotatable bonds is 5. The zero-order valence-corrected chi connectivity index (χ0v) is 17.0. The molecule has 0 unspecified atom stereocenters. The Balaban J connectivity index is 1.53. The molecule has 0 saturated carbocycles. The van der Waals surface area contributed by atoms with Crippen molar-refractivity contribution in [1.29, 1.82) is 0 Å². The van der Waals surface area contributed by atoms with Gasteiger partial charge in [0.05, 0.1) is 36.2 Å². The molecule has 1 N–H and O–H groups in total. The van der Waals surface area contributed by atoms with E-state index in [9.17, 15) is 14.0 Å². The van der Waals surface area contributed by atoms with Crippen LogP contribution in [0.5, 0.6) is 0 Å². The maximum atomic E-state index is 13.7. The summed E-state index contributed by atoms with van der Waals surface area (Å²) in [7, 11) is 0. The molecule has 1 aromatic carbocycles. The van der Waals surface area contributed by atoms with Crippen molar-refractivity contribution in [3.05, 3.63) is 57.3 Å². The van der Waals surface area contributed by atoms with Crippen LogP contribution in [0.4, 0.5) is 10.1 Å². The quantitative estimate of drug-likeness (QED) is 0.652. The summed E-state index contributed by atoms with van der Waals surface area (Å²) in [5.41, 5.74) is 1.18. The predicted molar refractivity (Wildman–Crippen MR) is 108 cm³/mol. The third-order valence-corrected chi connectivity index (χ3v) is 5.23. The van der Waals surface area contributed by atoms with E-state index in [-0.39, 0.29) is 11.6 Å². The lowest BCUT2D eigenvalue weighted by Gasteiger charge is -2.28. The van der Waals surface area contributed by atoms with Gasteiger partial charge < -0.3 is 15.0 Å².